The predicted octanol–water partition coefficient (Wildman–Crippen LogP) is 3.04. The Balaban J connectivity index is 1.62. The third-order valence-electron chi connectivity index (χ3n) is 4.08. The number of carbonyl (C=O) groups is 1. The van der Waals surface area contributed by atoms with E-state index in [4.69, 9.17) is 11.6 Å². The second-order valence-corrected chi connectivity index (χ2v) is 7.35. The third kappa shape index (κ3) is 4.52. The molecule has 3 aromatic rings. The van der Waals surface area contributed by atoms with Crippen LogP contribution in [0.2, 0.25) is 5.02 Å². The Morgan fingerprint density at radius 3 is 2.79 bits per heavy atom. The van der Waals surface area contributed by atoms with Gasteiger partial charge in [0.15, 0.2) is 5.16 Å². The van der Waals surface area contributed by atoms with E-state index in [0.717, 1.165) is 11.5 Å². The minimum Gasteiger partial charge on any atom is -0.354 e. The lowest BCUT2D eigenvalue weighted by Gasteiger charge is -2.07. The smallest absolute Gasteiger partial charge is 0.271 e. The number of hydrogen-bond acceptors (Lipinski definition) is 6. The van der Waals surface area contributed by atoms with Crippen LogP contribution >= 0.6 is 23.4 Å². The monoisotopic (exact) mass is 420 g/mol. The molecule has 0 aliphatic heterocycles. The first-order valence-corrected chi connectivity index (χ1v) is 9.56. The summed E-state index contributed by atoms with van der Waals surface area (Å²) in [6.07, 6.45) is 2.59. The molecule has 0 bridgehead atoms. The highest BCUT2D eigenvalue weighted by Gasteiger charge is 2.15. The van der Waals surface area contributed by atoms with Crippen LogP contribution in [-0.2, 0) is 25.3 Å². The maximum atomic E-state index is 12.2. The molecule has 0 aliphatic rings. The van der Waals surface area contributed by atoms with E-state index in [2.05, 4.69) is 15.5 Å². The molecule has 0 unspecified atom stereocenters. The van der Waals surface area contributed by atoms with Gasteiger partial charge in [0.2, 0.25) is 5.91 Å². The van der Waals surface area contributed by atoms with Crippen molar-refractivity contribution in [3.05, 3.63) is 63.2 Å². The fourth-order valence-electron chi connectivity index (χ4n) is 2.51. The second-order valence-electron chi connectivity index (χ2n) is 6.00. The number of nitro benzene ring substituents is 1. The van der Waals surface area contributed by atoms with Crippen molar-refractivity contribution in [3.63, 3.8) is 0 Å². The maximum Gasteiger partial charge on any atom is 0.271 e. The molecule has 1 N–H and O–H groups in total. The Kier molecular flexibility index (Phi) is 6.00. The van der Waals surface area contributed by atoms with E-state index in [1.807, 2.05) is 41.6 Å². The Labute approximate surface area is 169 Å². The fourth-order valence-corrected chi connectivity index (χ4v) is 3.40. The highest BCUT2D eigenvalue weighted by molar-refractivity contribution is 7.99. The van der Waals surface area contributed by atoms with Gasteiger partial charge in [-0.3, -0.25) is 14.9 Å². The van der Waals surface area contributed by atoms with Gasteiger partial charge in [-0.1, -0.05) is 23.4 Å². The number of amides is 1. The molecule has 2 heterocycles. The third-order valence-corrected chi connectivity index (χ3v) is 5.43. The molecule has 146 valence electrons. The minimum absolute atomic E-state index is 0.0646. The van der Waals surface area contributed by atoms with E-state index in [1.165, 1.54) is 30.0 Å². The van der Waals surface area contributed by atoms with E-state index in [0.29, 0.717) is 11.6 Å². The Morgan fingerprint density at radius 1 is 1.32 bits per heavy atom. The van der Waals surface area contributed by atoms with Crippen LogP contribution in [0.25, 0.3) is 0 Å². The number of rotatable bonds is 7. The molecule has 0 radical (unpaired) electrons. The SMILES string of the molecule is Cn1cccc1Cc1nnc(SCC(=O)Nc2cc([N+](=O)[O-])ccc2Cl)n1C. The molecule has 0 atom stereocenters. The number of non-ortho nitro benzene ring substituents is 1. The Hall–Kier alpha value is -2.85. The fraction of sp³-hybridized carbons (Fsp3) is 0.235. The van der Waals surface area contributed by atoms with Gasteiger partial charge in [-0.05, 0) is 18.2 Å². The lowest BCUT2D eigenvalue weighted by Crippen LogP contribution is -2.15. The minimum atomic E-state index is -0.547. The highest BCUT2D eigenvalue weighted by Crippen LogP contribution is 2.27. The quantitative estimate of drug-likeness (QED) is 0.357. The number of halogens is 1. The summed E-state index contributed by atoms with van der Waals surface area (Å²) in [6.45, 7) is 0. The van der Waals surface area contributed by atoms with E-state index in [1.54, 1.807) is 0 Å². The zero-order valence-corrected chi connectivity index (χ0v) is 16.7. The lowest BCUT2D eigenvalue weighted by atomic mass is 10.3. The van der Waals surface area contributed by atoms with Crippen LogP contribution in [0, 0.1) is 10.1 Å². The zero-order valence-electron chi connectivity index (χ0n) is 15.1. The normalized spacial score (nSPS) is 10.8. The zero-order chi connectivity index (χ0) is 20.3. The molecular weight excluding hydrogens is 404 g/mol. The summed E-state index contributed by atoms with van der Waals surface area (Å²) in [6, 6.07) is 7.86. The van der Waals surface area contributed by atoms with E-state index < -0.39 is 4.92 Å². The summed E-state index contributed by atoms with van der Waals surface area (Å²) in [7, 11) is 3.81. The van der Waals surface area contributed by atoms with E-state index >= 15 is 0 Å². The van der Waals surface area contributed by atoms with Gasteiger partial charge in [0.1, 0.15) is 5.82 Å². The first-order valence-electron chi connectivity index (χ1n) is 8.20. The number of carbonyl (C=O) groups excluding carboxylic acids is 1. The molecule has 3 rings (SSSR count). The summed E-state index contributed by atoms with van der Waals surface area (Å²) in [5.74, 6) is 0.501. The molecule has 0 fully saturated rings. The van der Waals surface area contributed by atoms with Crippen LogP contribution in [0.4, 0.5) is 11.4 Å². The maximum absolute atomic E-state index is 12.2. The van der Waals surface area contributed by atoms with E-state index in [9.17, 15) is 14.9 Å². The van der Waals surface area contributed by atoms with Crippen molar-refractivity contribution in [2.75, 3.05) is 11.1 Å². The number of thioether (sulfide) groups is 1. The van der Waals surface area contributed by atoms with Crippen LogP contribution in [0.1, 0.15) is 11.5 Å². The van der Waals surface area contributed by atoms with Crippen LogP contribution < -0.4 is 5.32 Å². The average molecular weight is 421 g/mol. The predicted molar refractivity (Wildman–Crippen MR) is 107 cm³/mol. The van der Waals surface area contributed by atoms with Gasteiger partial charge >= 0.3 is 0 Å². The van der Waals surface area contributed by atoms with Gasteiger partial charge in [0, 0.05) is 44.5 Å². The topological polar surface area (TPSA) is 108 Å². The molecule has 11 heteroatoms. The molecule has 2 aromatic heterocycles. The summed E-state index contributed by atoms with van der Waals surface area (Å²) < 4.78 is 3.85. The standard InChI is InChI=1S/C17H17ClN6O3S/c1-22-7-3-4-11(22)9-15-20-21-17(23(15)2)28-10-16(25)19-14-8-12(24(26)27)5-6-13(14)18/h3-8H,9-10H2,1-2H3,(H,19,25). The summed E-state index contributed by atoms with van der Waals surface area (Å²) in [5, 5.41) is 22.6. The van der Waals surface area contributed by atoms with E-state index in [-0.39, 0.29) is 28.1 Å². The van der Waals surface area contributed by atoms with Crippen molar-refractivity contribution in [1.29, 1.82) is 0 Å². The number of nitrogens with one attached hydrogen (secondary N) is 1. The summed E-state index contributed by atoms with van der Waals surface area (Å²) >= 11 is 7.22. The first-order chi connectivity index (χ1) is 13.3. The van der Waals surface area contributed by atoms with Gasteiger partial charge in [-0.15, -0.1) is 10.2 Å². The second kappa shape index (κ2) is 8.44. The number of aryl methyl sites for hydroxylation is 1. The Morgan fingerprint density at radius 2 is 2.11 bits per heavy atom. The molecule has 28 heavy (non-hydrogen) atoms. The Bertz CT molecular complexity index is 1030. The largest absolute Gasteiger partial charge is 0.354 e. The summed E-state index contributed by atoms with van der Waals surface area (Å²) in [5.41, 5.74) is 1.15. The van der Waals surface area contributed by atoms with Crippen LogP contribution in [-0.4, -0.2) is 35.9 Å². The van der Waals surface area contributed by atoms with Gasteiger partial charge in [0.05, 0.1) is 21.4 Å². The van der Waals surface area contributed by atoms with Crippen LogP contribution in [0.15, 0.2) is 41.7 Å². The number of nitro groups is 1. The van der Waals surface area contributed by atoms with Crippen molar-refractivity contribution in [2.45, 2.75) is 11.6 Å². The lowest BCUT2D eigenvalue weighted by molar-refractivity contribution is -0.384. The van der Waals surface area contributed by atoms with Crippen LogP contribution in [0.3, 0.4) is 0 Å². The van der Waals surface area contributed by atoms with Gasteiger partial charge in [-0.25, -0.2) is 0 Å². The molecule has 0 spiro atoms. The van der Waals surface area contributed by atoms with Crippen molar-refractivity contribution in [2.24, 2.45) is 14.1 Å². The van der Waals surface area contributed by atoms with Gasteiger partial charge in [0.25, 0.3) is 5.69 Å². The van der Waals surface area contributed by atoms with Crippen molar-refractivity contribution in [1.82, 2.24) is 19.3 Å². The molecule has 0 saturated heterocycles. The number of nitrogens with zero attached hydrogens (tertiary/aromatic N) is 5. The van der Waals surface area contributed by atoms with Gasteiger partial charge < -0.3 is 14.5 Å². The number of hydrogen-bond donors (Lipinski definition) is 1. The molecule has 0 saturated carbocycles. The molecular formula is C17H17ClN6O3S. The van der Waals surface area contributed by atoms with Crippen molar-refractivity contribution in [3.8, 4) is 0 Å². The average Bonchev–Trinajstić information content (AvgIpc) is 3.21. The number of aromatic nitrogens is 4. The highest BCUT2D eigenvalue weighted by atomic mass is 35.5. The van der Waals surface area contributed by atoms with Gasteiger partial charge in [-0.2, -0.15) is 0 Å². The summed E-state index contributed by atoms with van der Waals surface area (Å²) in [4.78, 5) is 22.5. The molecule has 1 aromatic carbocycles. The molecule has 0 aliphatic carbocycles. The number of benzene rings is 1. The van der Waals surface area contributed by atoms with Crippen molar-refractivity contribution < 1.29 is 9.72 Å². The van der Waals surface area contributed by atoms with Crippen LogP contribution in [0.5, 0.6) is 0 Å². The molecule has 9 nitrogen and oxygen atoms in total. The first kappa shape index (κ1) is 19.9. The van der Waals surface area contributed by atoms with Crippen molar-refractivity contribution >= 4 is 40.6 Å². The molecule has 1 amide bonds. The number of anilines is 1.